The van der Waals surface area contributed by atoms with Crippen LogP contribution in [0.1, 0.15) is 13.3 Å². The third kappa shape index (κ3) is 2.77. The van der Waals surface area contributed by atoms with Gasteiger partial charge in [-0.05, 0) is 6.42 Å². The van der Waals surface area contributed by atoms with E-state index in [1.54, 1.807) is 6.08 Å². The van der Waals surface area contributed by atoms with E-state index in [1.807, 2.05) is 6.92 Å². The molecule has 0 aromatic rings. The molecule has 0 saturated heterocycles. The lowest BCUT2D eigenvalue weighted by Crippen LogP contribution is -2.26. The minimum Gasteiger partial charge on any atom is -0.381 e. The van der Waals surface area contributed by atoms with E-state index >= 15 is 0 Å². The summed E-state index contributed by atoms with van der Waals surface area (Å²) in [7, 11) is 0. The molecular formula is C6H13NO. The molecule has 0 rings (SSSR count). The van der Waals surface area contributed by atoms with Crippen molar-refractivity contribution in [2.24, 2.45) is 0 Å². The second kappa shape index (κ2) is 4.81. The van der Waals surface area contributed by atoms with E-state index in [9.17, 15) is 0 Å². The Bertz CT molecular complexity index is 63.5. The Morgan fingerprint density at radius 3 is 2.62 bits per heavy atom. The van der Waals surface area contributed by atoms with Gasteiger partial charge in [0.15, 0.2) is 0 Å². The normalized spacial score (nSPS) is 13.2. The Labute approximate surface area is 50.2 Å². The second-order valence-electron chi connectivity index (χ2n) is 1.61. The van der Waals surface area contributed by atoms with E-state index in [0.29, 0.717) is 0 Å². The van der Waals surface area contributed by atoms with Crippen LogP contribution in [-0.4, -0.2) is 17.9 Å². The summed E-state index contributed by atoms with van der Waals surface area (Å²) in [6, 6.07) is 0.264. The standard InChI is InChI=1S/C6H13NO/c1-3-6(4-2)7-5-8/h3,6-8H,1,4-5H2,2H3. The fraction of sp³-hybridized carbons (Fsp3) is 0.667. The maximum atomic E-state index is 8.34. The first-order valence-corrected chi connectivity index (χ1v) is 2.82. The average Bonchev–Trinajstić information content (AvgIpc) is 1.83. The molecule has 0 amide bonds. The molecule has 0 spiro atoms. The molecule has 0 aromatic carbocycles. The van der Waals surface area contributed by atoms with Crippen molar-refractivity contribution in [1.29, 1.82) is 0 Å². The zero-order chi connectivity index (χ0) is 6.41. The zero-order valence-electron chi connectivity index (χ0n) is 5.22. The molecule has 0 bridgehead atoms. The number of aliphatic hydroxyl groups excluding tert-OH is 1. The fourth-order valence-corrected chi connectivity index (χ4v) is 0.512. The number of hydrogen-bond donors (Lipinski definition) is 2. The SMILES string of the molecule is C=CC(CC)NCO. The van der Waals surface area contributed by atoms with Gasteiger partial charge in [0.25, 0.3) is 0 Å². The summed E-state index contributed by atoms with van der Waals surface area (Å²) in [5.41, 5.74) is 0. The van der Waals surface area contributed by atoms with Gasteiger partial charge >= 0.3 is 0 Å². The molecule has 0 heterocycles. The summed E-state index contributed by atoms with van der Waals surface area (Å²) in [5, 5.41) is 11.2. The molecular weight excluding hydrogens is 102 g/mol. The van der Waals surface area contributed by atoms with Crippen molar-refractivity contribution in [3.8, 4) is 0 Å². The molecule has 0 aliphatic heterocycles. The quantitative estimate of drug-likeness (QED) is 0.413. The van der Waals surface area contributed by atoms with Gasteiger partial charge < -0.3 is 5.11 Å². The van der Waals surface area contributed by atoms with Crippen LogP contribution in [0.4, 0.5) is 0 Å². The Hall–Kier alpha value is -0.340. The van der Waals surface area contributed by atoms with Gasteiger partial charge in [0, 0.05) is 6.04 Å². The summed E-state index contributed by atoms with van der Waals surface area (Å²) in [4.78, 5) is 0. The van der Waals surface area contributed by atoms with Gasteiger partial charge in [-0.3, -0.25) is 5.32 Å². The van der Waals surface area contributed by atoms with Crippen LogP contribution in [0, 0.1) is 0 Å². The molecule has 1 atom stereocenters. The largest absolute Gasteiger partial charge is 0.381 e. The third-order valence-corrected chi connectivity index (χ3v) is 1.08. The summed E-state index contributed by atoms with van der Waals surface area (Å²) in [6.07, 6.45) is 2.76. The van der Waals surface area contributed by atoms with Crippen LogP contribution in [0.15, 0.2) is 12.7 Å². The first-order valence-electron chi connectivity index (χ1n) is 2.82. The van der Waals surface area contributed by atoms with Crippen molar-refractivity contribution >= 4 is 0 Å². The molecule has 0 aliphatic carbocycles. The van der Waals surface area contributed by atoms with Crippen molar-refractivity contribution in [2.75, 3.05) is 6.73 Å². The topological polar surface area (TPSA) is 32.3 Å². The maximum Gasteiger partial charge on any atom is 0.0936 e. The number of rotatable bonds is 4. The predicted molar refractivity (Wildman–Crippen MR) is 34.5 cm³/mol. The molecule has 0 fully saturated rings. The van der Waals surface area contributed by atoms with Gasteiger partial charge in [-0.2, -0.15) is 0 Å². The zero-order valence-corrected chi connectivity index (χ0v) is 5.22. The lowest BCUT2D eigenvalue weighted by Gasteiger charge is -2.07. The minimum absolute atomic E-state index is 0.0323. The van der Waals surface area contributed by atoms with Crippen molar-refractivity contribution in [1.82, 2.24) is 5.32 Å². The van der Waals surface area contributed by atoms with Crippen LogP contribution in [0.2, 0.25) is 0 Å². The molecule has 0 aromatic heterocycles. The van der Waals surface area contributed by atoms with Crippen molar-refractivity contribution < 1.29 is 5.11 Å². The van der Waals surface area contributed by atoms with E-state index < -0.39 is 0 Å². The smallest absolute Gasteiger partial charge is 0.0936 e. The maximum absolute atomic E-state index is 8.34. The highest BCUT2D eigenvalue weighted by molar-refractivity contribution is 4.82. The van der Waals surface area contributed by atoms with Gasteiger partial charge in [0.1, 0.15) is 0 Å². The highest BCUT2D eigenvalue weighted by atomic mass is 16.3. The number of aliphatic hydroxyl groups is 1. The van der Waals surface area contributed by atoms with Crippen molar-refractivity contribution in [2.45, 2.75) is 19.4 Å². The average molecular weight is 115 g/mol. The summed E-state index contributed by atoms with van der Waals surface area (Å²) in [5.74, 6) is 0. The Morgan fingerprint density at radius 2 is 2.50 bits per heavy atom. The van der Waals surface area contributed by atoms with Crippen LogP contribution in [0.25, 0.3) is 0 Å². The first kappa shape index (κ1) is 7.66. The predicted octanol–water partition coefficient (Wildman–Crippen LogP) is 0.490. The Morgan fingerprint density at radius 1 is 1.88 bits per heavy atom. The van der Waals surface area contributed by atoms with Gasteiger partial charge in [-0.1, -0.05) is 13.0 Å². The van der Waals surface area contributed by atoms with Crippen LogP contribution >= 0.6 is 0 Å². The lowest BCUT2D eigenvalue weighted by atomic mass is 10.2. The van der Waals surface area contributed by atoms with E-state index in [0.717, 1.165) is 6.42 Å². The number of hydrogen-bond acceptors (Lipinski definition) is 2. The molecule has 0 saturated carbocycles. The highest BCUT2D eigenvalue weighted by Gasteiger charge is 1.94. The molecule has 0 radical (unpaired) electrons. The lowest BCUT2D eigenvalue weighted by molar-refractivity contribution is 0.249. The first-order chi connectivity index (χ1) is 3.85. The monoisotopic (exact) mass is 115 g/mol. The van der Waals surface area contributed by atoms with Crippen molar-refractivity contribution in [3.63, 3.8) is 0 Å². The number of nitrogens with one attached hydrogen (secondary N) is 1. The summed E-state index contributed by atoms with van der Waals surface area (Å²) in [6.45, 7) is 5.65. The Kier molecular flexibility index (Phi) is 4.61. The van der Waals surface area contributed by atoms with Gasteiger partial charge in [0.2, 0.25) is 0 Å². The highest BCUT2D eigenvalue weighted by Crippen LogP contribution is 1.88. The molecule has 1 unspecified atom stereocenters. The van der Waals surface area contributed by atoms with Gasteiger partial charge in [-0.15, -0.1) is 6.58 Å². The van der Waals surface area contributed by atoms with E-state index in [1.165, 1.54) is 0 Å². The van der Waals surface area contributed by atoms with Gasteiger partial charge in [-0.25, -0.2) is 0 Å². The van der Waals surface area contributed by atoms with Crippen LogP contribution in [-0.2, 0) is 0 Å². The van der Waals surface area contributed by atoms with E-state index in [4.69, 9.17) is 5.11 Å². The molecule has 0 aliphatic rings. The van der Waals surface area contributed by atoms with Crippen molar-refractivity contribution in [3.05, 3.63) is 12.7 Å². The molecule has 2 heteroatoms. The minimum atomic E-state index is 0.0323. The molecule has 48 valence electrons. The molecule has 2 nitrogen and oxygen atoms in total. The second-order valence-corrected chi connectivity index (χ2v) is 1.61. The summed E-state index contributed by atoms with van der Waals surface area (Å²) < 4.78 is 0. The van der Waals surface area contributed by atoms with E-state index in [-0.39, 0.29) is 12.8 Å². The van der Waals surface area contributed by atoms with Crippen LogP contribution < -0.4 is 5.32 Å². The third-order valence-electron chi connectivity index (χ3n) is 1.08. The van der Waals surface area contributed by atoms with Gasteiger partial charge in [0.05, 0.1) is 6.73 Å². The fourth-order valence-electron chi connectivity index (χ4n) is 0.512. The Balaban J connectivity index is 3.21. The summed E-state index contributed by atoms with van der Waals surface area (Å²) >= 11 is 0. The van der Waals surface area contributed by atoms with Crippen LogP contribution in [0.5, 0.6) is 0 Å². The molecule has 2 N–H and O–H groups in total. The van der Waals surface area contributed by atoms with Crippen LogP contribution in [0.3, 0.4) is 0 Å². The molecule has 8 heavy (non-hydrogen) atoms. The van der Waals surface area contributed by atoms with E-state index in [2.05, 4.69) is 11.9 Å².